The molecule has 0 aliphatic heterocycles. The number of amides is 2. The number of carbonyl (C=O) groups excluding carboxylic acids is 2. The molecule has 0 aromatic carbocycles. The van der Waals surface area contributed by atoms with Crippen LogP contribution in [0.4, 0.5) is 0 Å². The lowest BCUT2D eigenvalue weighted by molar-refractivity contribution is -0.143. The molecule has 8 heteroatoms. The first-order valence-electron chi connectivity index (χ1n) is 8.66. The maximum atomic E-state index is 12.8. The average Bonchev–Trinajstić information content (AvgIpc) is 3.02. The van der Waals surface area contributed by atoms with Gasteiger partial charge in [-0.25, -0.2) is 0 Å². The molecule has 26 heavy (non-hydrogen) atoms. The van der Waals surface area contributed by atoms with Crippen LogP contribution in [0, 0.1) is 0 Å². The molecule has 148 valence electrons. The molecule has 0 saturated carbocycles. The Kier molecular flexibility index (Phi) is 10.6. The maximum Gasteiger partial charge on any atom is 0.249 e. The third-order valence-electron chi connectivity index (χ3n) is 4.05. The van der Waals surface area contributed by atoms with E-state index in [1.54, 1.807) is 19.1 Å². The van der Waals surface area contributed by atoms with Gasteiger partial charge in [-0.05, 0) is 18.6 Å². The molecule has 0 fully saturated rings. The Morgan fingerprint density at radius 2 is 1.73 bits per heavy atom. The largest absolute Gasteiger partial charge is 0.385 e. The predicted octanol–water partition coefficient (Wildman–Crippen LogP) is 0.512. The lowest BCUT2D eigenvalue weighted by Crippen LogP contribution is -2.45. The Labute approximate surface area is 155 Å². The lowest BCUT2D eigenvalue weighted by atomic mass is 10.3. The van der Waals surface area contributed by atoms with E-state index in [2.05, 4.69) is 0 Å². The van der Waals surface area contributed by atoms with Gasteiger partial charge in [0.25, 0.3) is 0 Å². The molecule has 2 amide bonds. The molecule has 1 rings (SSSR count). The first-order chi connectivity index (χ1) is 12.5. The quantitative estimate of drug-likeness (QED) is 0.474. The summed E-state index contributed by atoms with van der Waals surface area (Å²) in [4.78, 5) is 28.3. The molecule has 1 aromatic rings. The highest BCUT2D eigenvalue weighted by atomic mass is 16.5. The zero-order chi connectivity index (χ0) is 19.4. The van der Waals surface area contributed by atoms with E-state index in [0.29, 0.717) is 39.3 Å². The van der Waals surface area contributed by atoms with Gasteiger partial charge >= 0.3 is 0 Å². The van der Waals surface area contributed by atoms with Gasteiger partial charge in [-0.2, -0.15) is 0 Å². The van der Waals surface area contributed by atoms with Crippen LogP contribution in [0.25, 0.3) is 0 Å². The molecule has 0 spiro atoms. The number of hydrogen-bond donors (Lipinski definition) is 0. The number of aromatic nitrogens is 1. The second-order valence-electron chi connectivity index (χ2n) is 6.01. The van der Waals surface area contributed by atoms with Crippen molar-refractivity contribution in [1.82, 2.24) is 14.4 Å². The molecule has 8 nitrogen and oxygen atoms in total. The summed E-state index contributed by atoms with van der Waals surface area (Å²) in [5.74, 6) is -0.326. The monoisotopic (exact) mass is 369 g/mol. The van der Waals surface area contributed by atoms with Gasteiger partial charge in [0.2, 0.25) is 11.8 Å². The third kappa shape index (κ3) is 7.55. The molecule has 0 radical (unpaired) electrons. The highest BCUT2D eigenvalue weighted by molar-refractivity contribution is 5.85. The number of carbonyl (C=O) groups is 2. The van der Waals surface area contributed by atoms with Crippen molar-refractivity contribution >= 4 is 11.8 Å². The fourth-order valence-corrected chi connectivity index (χ4v) is 2.52. The summed E-state index contributed by atoms with van der Waals surface area (Å²) in [5.41, 5.74) is 1.02. The fourth-order valence-electron chi connectivity index (χ4n) is 2.52. The topological polar surface area (TPSA) is 73.2 Å². The minimum atomic E-state index is -0.206. The molecule has 0 aliphatic rings. The van der Waals surface area contributed by atoms with Gasteiger partial charge < -0.3 is 28.6 Å². The molecule has 0 unspecified atom stereocenters. The van der Waals surface area contributed by atoms with Crippen molar-refractivity contribution < 1.29 is 23.8 Å². The van der Waals surface area contributed by atoms with Crippen molar-refractivity contribution in [2.75, 3.05) is 60.8 Å². The summed E-state index contributed by atoms with van der Waals surface area (Å²) in [6.45, 7) is 2.31. The number of nitrogens with zero attached hydrogens (tertiary/aromatic N) is 3. The maximum absolute atomic E-state index is 12.8. The van der Waals surface area contributed by atoms with Gasteiger partial charge in [0.05, 0.1) is 19.7 Å². The molecule has 0 saturated heterocycles. The van der Waals surface area contributed by atoms with Crippen molar-refractivity contribution in [3.05, 3.63) is 24.0 Å². The molecule has 0 aliphatic carbocycles. The lowest BCUT2D eigenvalue weighted by Gasteiger charge is -2.27. The molecule has 1 heterocycles. The Hall–Kier alpha value is -1.90. The fraction of sp³-hybridized carbons (Fsp3) is 0.667. The first kappa shape index (κ1) is 22.1. The van der Waals surface area contributed by atoms with Crippen molar-refractivity contribution in [3.8, 4) is 0 Å². The summed E-state index contributed by atoms with van der Waals surface area (Å²) >= 11 is 0. The number of hydrogen-bond acceptors (Lipinski definition) is 5. The van der Waals surface area contributed by atoms with Crippen LogP contribution < -0.4 is 0 Å². The van der Waals surface area contributed by atoms with Crippen molar-refractivity contribution in [3.63, 3.8) is 0 Å². The number of methoxy groups -OCH3 is 3. The normalized spacial score (nSPS) is 10.8. The van der Waals surface area contributed by atoms with E-state index < -0.39 is 0 Å². The van der Waals surface area contributed by atoms with Crippen LogP contribution in [0.3, 0.4) is 0 Å². The summed E-state index contributed by atoms with van der Waals surface area (Å²) in [7, 11) is 6.62. The van der Waals surface area contributed by atoms with Gasteiger partial charge in [-0.15, -0.1) is 0 Å². The van der Waals surface area contributed by atoms with E-state index in [1.165, 1.54) is 12.0 Å². The third-order valence-corrected chi connectivity index (χ3v) is 4.05. The minimum absolute atomic E-state index is 0.0139. The van der Waals surface area contributed by atoms with Crippen LogP contribution in [-0.2, 0) is 37.4 Å². The van der Waals surface area contributed by atoms with Gasteiger partial charge in [0.15, 0.2) is 0 Å². The van der Waals surface area contributed by atoms with Gasteiger partial charge in [0, 0.05) is 60.0 Å². The van der Waals surface area contributed by atoms with E-state index in [1.807, 2.05) is 29.9 Å². The zero-order valence-corrected chi connectivity index (χ0v) is 16.3. The predicted molar refractivity (Wildman–Crippen MR) is 97.7 cm³/mol. The number of aryl methyl sites for hydroxylation is 1. The zero-order valence-electron chi connectivity index (χ0n) is 16.3. The summed E-state index contributed by atoms with van der Waals surface area (Å²) in [6.07, 6.45) is 2.60. The highest BCUT2D eigenvalue weighted by Gasteiger charge is 2.21. The number of ether oxygens (including phenoxy) is 3. The molecule has 0 bridgehead atoms. The first-order valence-corrected chi connectivity index (χ1v) is 8.66. The van der Waals surface area contributed by atoms with E-state index in [-0.39, 0.29) is 25.0 Å². The Balaban J connectivity index is 2.77. The van der Waals surface area contributed by atoms with Crippen molar-refractivity contribution in [1.29, 1.82) is 0 Å². The van der Waals surface area contributed by atoms with Gasteiger partial charge in [-0.1, -0.05) is 0 Å². The Morgan fingerprint density at radius 1 is 1.00 bits per heavy atom. The van der Waals surface area contributed by atoms with E-state index in [0.717, 1.165) is 5.69 Å². The van der Waals surface area contributed by atoms with Crippen LogP contribution in [0.2, 0.25) is 0 Å². The summed E-state index contributed by atoms with van der Waals surface area (Å²) < 4.78 is 17.1. The smallest absolute Gasteiger partial charge is 0.249 e. The van der Waals surface area contributed by atoms with Crippen LogP contribution in [0.15, 0.2) is 18.3 Å². The van der Waals surface area contributed by atoms with E-state index >= 15 is 0 Å². The second kappa shape index (κ2) is 12.5. The number of rotatable bonds is 13. The van der Waals surface area contributed by atoms with E-state index in [9.17, 15) is 9.59 Å². The van der Waals surface area contributed by atoms with Crippen LogP contribution >= 0.6 is 0 Å². The van der Waals surface area contributed by atoms with Crippen molar-refractivity contribution in [2.24, 2.45) is 7.05 Å². The standard InChI is InChI=1S/C18H31N3O5/c1-19-8-5-7-16(19)13-21(10-12-25-3)17(22)14-20(9-6-11-24-2)18(23)15-26-4/h5,7-8H,6,9-15H2,1-4H3. The average molecular weight is 369 g/mol. The van der Waals surface area contributed by atoms with Crippen LogP contribution in [0.1, 0.15) is 12.1 Å². The minimum Gasteiger partial charge on any atom is -0.385 e. The molecule has 1 aromatic heterocycles. The van der Waals surface area contributed by atoms with Gasteiger partial charge in [0.1, 0.15) is 6.61 Å². The van der Waals surface area contributed by atoms with Crippen LogP contribution in [-0.4, -0.2) is 87.0 Å². The molecular formula is C18H31N3O5. The van der Waals surface area contributed by atoms with Crippen LogP contribution in [0.5, 0.6) is 0 Å². The Bertz CT molecular complexity index is 547. The second-order valence-corrected chi connectivity index (χ2v) is 6.01. The van der Waals surface area contributed by atoms with E-state index in [4.69, 9.17) is 14.2 Å². The highest BCUT2D eigenvalue weighted by Crippen LogP contribution is 2.07. The SMILES string of the molecule is COCCCN(CC(=O)N(CCOC)Cc1cccn1C)C(=O)COC. The summed E-state index contributed by atoms with van der Waals surface area (Å²) in [5, 5.41) is 0. The molecular weight excluding hydrogens is 338 g/mol. The summed E-state index contributed by atoms with van der Waals surface area (Å²) in [6, 6.07) is 3.91. The van der Waals surface area contributed by atoms with Crippen molar-refractivity contribution in [2.45, 2.75) is 13.0 Å². The Morgan fingerprint density at radius 3 is 2.31 bits per heavy atom. The molecule has 0 atom stereocenters. The van der Waals surface area contributed by atoms with Gasteiger partial charge in [-0.3, -0.25) is 9.59 Å². The molecule has 0 N–H and O–H groups in total.